The largest absolute Gasteiger partial charge is 0.454 e. The first-order valence-corrected chi connectivity index (χ1v) is 38.1. The SMILES string of the molecule is c1ccc(-c2ccc(-n3c4ccccc4c4cc(-c5ccc6c(c5)c5ccccc5n6-c5nc(-c6ccccc6)nc(-c6cccc(-c7cccc8oc9c(-n%10c%11ccccc%11c%11cc(-c%12ccc%13c(c%12)c%12ccccc%12n%13-c%12nc(-c%13ccccc%13)nc(-c%13ccccc%13)n%12)ccc%11%10)cccc9c78)c6)n5)ccc43)cc2)cc1. The summed E-state index contributed by atoms with van der Waals surface area (Å²) >= 11 is 0. The first-order chi connectivity index (χ1) is 56.0. The number of fused-ring (bicyclic) bond motifs is 15. The third-order valence-electron chi connectivity index (χ3n) is 22.5. The first kappa shape index (κ1) is 63.6. The molecule has 0 saturated carbocycles. The van der Waals surface area contributed by atoms with E-state index in [1.165, 1.54) is 27.4 Å². The second-order valence-electron chi connectivity index (χ2n) is 28.9. The van der Waals surface area contributed by atoms with Crippen LogP contribution >= 0.6 is 0 Å². The van der Waals surface area contributed by atoms with Gasteiger partial charge in [0.05, 0.1) is 49.8 Å². The van der Waals surface area contributed by atoms with Crippen LogP contribution in [0.2, 0.25) is 0 Å². The summed E-state index contributed by atoms with van der Waals surface area (Å²) in [5, 5.41) is 11.1. The predicted octanol–water partition coefficient (Wildman–Crippen LogP) is 25.7. The molecule has 23 aromatic rings. The highest BCUT2D eigenvalue weighted by molar-refractivity contribution is 6.18. The quantitative estimate of drug-likeness (QED) is 0.120. The van der Waals surface area contributed by atoms with Gasteiger partial charge in [-0.15, -0.1) is 0 Å². The molecular formula is C102H62N10O. The number of para-hydroxylation sites is 5. The molecule has 113 heavy (non-hydrogen) atoms. The Hall–Kier alpha value is -15.5. The highest BCUT2D eigenvalue weighted by Crippen LogP contribution is 2.46. The van der Waals surface area contributed by atoms with Crippen LogP contribution in [0.4, 0.5) is 0 Å². The molecule has 7 heterocycles. The van der Waals surface area contributed by atoms with Crippen molar-refractivity contribution in [3.63, 3.8) is 0 Å². The lowest BCUT2D eigenvalue weighted by molar-refractivity contribution is 0.666. The molecule has 0 aliphatic rings. The molecule has 0 bridgehead atoms. The number of hydrogen-bond acceptors (Lipinski definition) is 7. The zero-order valence-corrected chi connectivity index (χ0v) is 60.7. The molecule has 0 amide bonds. The number of nitrogens with zero attached hydrogens (tertiary/aromatic N) is 10. The summed E-state index contributed by atoms with van der Waals surface area (Å²) in [7, 11) is 0. The van der Waals surface area contributed by atoms with Crippen LogP contribution in [-0.4, -0.2) is 48.2 Å². The van der Waals surface area contributed by atoms with E-state index in [1.54, 1.807) is 0 Å². The van der Waals surface area contributed by atoms with Crippen molar-refractivity contribution in [2.75, 3.05) is 0 Å². The van der Waals surface area contributed by atoms with Gasteiger partial charge in [0.25, 0.3) is 0 Å². The minimum absolute atomic E-state index is 0.524. The molecule has 11 nitrogen and oxygen atoms in total. The zero-order chi connectivity index (χ0) is 74.2. The monoisotopic (exact) mass is 1440 g/mol. The minimum atomic E-state index is 0.524. The van der Waals surface area contributed by atoms with Gasteiger partial charge >= 0.3 is 0 Å². The topological polar surface area (TPSA) is 110 Å². The molecule has 7 aromatic heterocycles. The van der Waals surface area contributed by atoms with Crippen molar-refractivity contribution in [3.05, 3.63) is 376 Å². The Bertz CT molecular complexity index is 7730. The van der Waals surface area contributed by atoms with E-state index in [0.29, 0.717) is 35.2 Å². The molecular weight excluding hydrogens is 1380 g/mol. The lowest BCUT2D eigenvalue weighted by Crippen LogP contribution is -2.06. The number of benzene rings is 16. The zero-order valence-electron chi connectivity index (χ0n) is 60.7. The van der Waals surface area contributed by atoms with Gasteiger partial charge in [0.15, 0.2) is 28.9 Å². The summed E-state index contributed by atoms with van der Waals surface area (Å²) in [6, 6.07) is 133. The van der Waals surface area contributed by atoms with Crippen molar-refractivity contribution >= 4 is 109 Å². The van der Waals surface area contributed by atoms with Gasteiger partial charge in [-0.2, -0.15) is 19.9 Å². The van der Waals surface area contributed by atoms with Gasteiger partial charge in [-0.05, 0) is 148 Å². The van der Waals surface area contributed by atoms with Gasteiger partial charge < -0.3 is 13.6 Å². The summed E-state index contributed by atoms with van der Waals surface area (Å²) in [5.74, 6) is 3.43. The second kappa shape index (κ2) is 25.6. The van der Waals surface area contributed by atoms with Crippen LogP contribution in [0.15, 0.2) is 381 Å². The van der Waals surface area contributed by atoms with E-state index < -0.39 is 0 Å². The molecule has 23 rings (SSSR count). The highest BCUT2D eigenvalue weighted by atomic mass is 16.3. The number of hydrogen-bond donors (Lipinski definition) is 0. The normalized spacial score (nSPS) is 11.9. The van der Waals surface area contributed by atoms with Crippen molar-refractivity contribution in [1.82, 2.24) is 48.2 Å². The fourth-order valence-electron chi connectivity index (χ4n) is 17.3. The molecule has 0 aliphatic carbocycles. The van der Waals surface area contributed by atoms with Crippen molar-refractivity contribution in [2.45, 2.75) is 0 Å². The Morgan fingerprint density at radius 2 is 0.522 bits per heavy atom. The van der Waals surface area contributed by atoms with E-state index in [2.05, 4.69) is 316 Å². The molecule has 0 radical (unpaired) electrons. The lowest BCUT2D eigenvalue weighted by atomic mass is 9.97. The number of rotatable bonds is 12. The van der Waals surface area contributed by atoms with Gasteiger partial charge in [-0.3, -0.25) is 9.13 Å². The third kappa shape index (κ3) is 10.4. The van der Waals surface area contributed by atoms with Crippen LogP contribution in [0.3, 0.4) is 0 Å². The van der Waals surface area contributed by atoms with E-state index in [4.69, 9.17) is 34.3 Å². The summed E-state index contributed by atoms with van der Waals surface area (Å²) in [6.07, 6.45) is 0. The first-order valence-electron chi connectivity index (χ1n) is 38.1. The molecule has 0 fully saturated rings. The van der Waals surface area contributed by atoms with E-state index in [9.17, 15) is 0 Å². The Morgan fingerprint density at radius 1 is 0.195 bits per heavy atom. The molecule has 0 spiro atoms. The summed E-state index contributed by atoms with van der Waals surface area (Å²) in [5.41, 5.74) is 24.6. The van der Waals surface area contributed by atoms with Crippen LogP contribution in [0.25, 0.3) is 222 Å². The third-order valence-corrected chi connectivity index (χ3v) is 22.5. The Kier molecular flexibility index (Phi) is 14.4. The second-order valence-corrected chi connectivity index (χ2v) is 28.9. The predicted molar refractivity (Wildman–Crippen MR) is 461 cm³/mol. The molecule has 11 heteroatoms. The standard InChI is InChI=1S/C102H62N10O/c1-5-24-63(25-6-1)64-46-52-74(53-47-64)109-85-40-17-13-34-76(85)81-59-68(48-54-89(81)109)70-50-57-92-84(61-70)79-37-16-20-43-88(79)112(92)102-107-99(67-30-11-4-12-31-67)104-100(108-102)73-33-21-32-72(58-73)75-38-23-45-94-95(75)80-39-22-44-93(96(80)113-94)110-86-41-18-14-35-77(86)82-60-69(49-55-90(82)110)71-51-56-91-83(62-71)78-36-15-19-42-87(78)111(91)101-105-97(65-26-7-2-8-27-65)103-98(106-101)66-28-9-3-10-29-66/h1-62H. The highest BCUT2D eigenvalue weighted by Gasteiger charge is 2.25. The molecule has 0 N–H and O–H groups in total. The minimum Gasteiger partial charge on any atom is -0.454 e. The van der Waals surface area contributed by atoms with E-state index in [1.807, 2.05) is 78.9 Å². The molecule has 0 saturated heterocycles. The van der Waals surface area contributed by atoms with Crippen LogP contribution in [0.1, 0.15) is 0 Å². The van der Waals surface area contributed by atoms with Crippen molar-refractivity contribution < 1.29 is 4.42 Å². The van der Waals surface area contributed by atoms with Crippen molar-refractivity contribution in [3.8, 4) is 113 Å². The van der Waals surface area contributed by atoms with E-state index >= 15 is 0 Å². The van der Waals surface area contributed by atoms with Gasteiger partial charge in [0, 0.05) is 81.8 Å². The Morgan fingerprint density at radius 3 is 0.991 bits per heavy atom. The fourth-order valence-corrected chi connectivity index (χ4v) is 17.3. The van der Waals surface area contributed by atoms with Crippen LogP contribution < -0.4 is 0 Å². The maximum absolute atomic E-state index is 7.16. The summed E-state index contributed by atoms with van der Waals surface area (Å²) in [4.78, 5) is 31.6. The lowest BCUT2D eigenvalue weighted by Gasteiger charge is -2.12. The molecule has 0 aliphatic heterocycles. The Balaban J connectivity index is 0.605. The van der Waals surface area contributed by atoms with Gasteiger partial charge in [-0.25, -0.2) is 9.97 Å². The average Bonchev–Trinajstić information content (AvgIpc) is 1.57. The summed E-state index contributed by atoms with van der Waals surface area (Å²) < 4.78 is 16.3. The van der Waals surface area contributed by atoms with Crippen molar-refractivity contribution in [2.24, 2.45) is 0 Å². The van der Waals surface area contributed by atoms with Gasteiger partial charge in [-0.1, -0.05) is 273 Å². The molecule has 526 valence electrons. The van der Waals surface area contributed by atoms with Gasteiger partial charge in [0.1, 0.15) is 5.58 Å². The Labute approximate surface area is 647 Å². The number of furan rings is 1. The van der Waals surface area contributed by atoms with Crippen molar-refractivity contribution in [1.29, 1.82) is 0 Å². The summed E-state index contributed by atoms with van der Waals surface area (Å²) in [6.45, 7) is 0. The number of aromatic nitrogens is 10. The maximum atomic E-state index is 7.16. The van der Waals surface area contributed by atoms with Crippen LogP contribution in [-0.2, 0) is 0 Å². The van der Waals surface area contributed by atoms with Gasteiger partial charge in [0.2, 0.25) is 11.9 Å². The molecule has 0 atom stereocenters. The van der Waals surface area contributed by atoms with Crippen LogP contribution in [0, 0.1) is 0 Å². The molecule has 16 aromatic carbocycles. The van der Waals surface area contributed by atoms with E-state index in [-0.39, 0.29) is 0 Å². The maximum Gasteiger partial charge on any atom is 0.238 e. The van der Waals surface area contributed by atoms with E-state index in [0.717, 1.165) is 160 Å². The van der Waals surface area contributed by atoms with Crippen LogP contribution in [0.5, 0.6) is 0 Å². The smallest absolute Gasteiger partial charge is 0.238 e. The fraction of sp³-hybridized carbons (Fsp3) is 0. The average molecular weight is 1440 g/mol. The molecule has 0 unspecified atom stereocenters.